The van der Waals surface area contributed by atoms with Crippen molar-refractivity contribution in [1.29, 1.82) is 0 Å². The van der Waals surface area contributed by atoms with Crippen LogP contribution in [0, 0.1) is 23.7 Å². The standard InChI is InChI=1S/C20H40/c1-7-11-13-17(5)15-16-18(6)20(10-4)19(9-3)14-12-8-2/h8,17-20H,2,7,9-16H2,1,3-6H3. The van der Waals surface area contributed by atoms with E-state index in [9.17, 15) is 0 Å². The molecule has 120 valence electrons. The summed E-state index contributed by atoms with van der Waals surface area (Å²) in [6.07, 6.45) is 14.3. The Hall–Kier alpha value is -0.260. The van der Waals surface area contributed by atoms with Gasteiger partial charge in [-0.05, 0) is 36.5 Å². The number of allylic oxidation sites excluding steroid dienone is 1. The molecule has 0 aromatic heterocycles. The van der Waals surface area contributed by atoms with Crippen molar-refractivity contribution in [2.24, 2.45) is 23.7 Å². The van der Waals surface area contributed by atoms with Gasteiger partial charge < -0.3 is 0 Å². The molecule has 0 amide bonds. The maximum Gasteiger partial charge on any atom is -0.0351 e. The Balaban J connectivity index is 4.22. The quantitative estimate of drug-likeness (QED) is 0.312. The molecule has 0 saturated carbocycles. The fourth-order valence-electron chi connectivity index (χ4n) is 3.71. The third kappa shape index (κ3) is 8.12. The lowest BCUT2D eigenvalue weighted by atomic mass is 9.74. The molecule has 0 aliphatic heterocycles. The minimum Gasteiger partial charge on any atom is -0.103 e. The van der Waals surface area contributed by atoms with Gasteiger partial charge in [0.2, 0.25) is 0 Å². The van der Waals surface area contributed by atoms with Crippen LogP contribution in [0.3, 0.4) is 0 Å². The van der Waals surface area contributed by atoms with Crippen LogP contribution in [-0.2, 0) is 0 Å². The van der Waals surface area contributed by atoms with Crippen LogP contribution in [0.4, 0.5) is 0 Å². The van der Waals surface area contributed by atoms with E-state index in [0.29, 0.717) is 0 Å². The topological polar surface area (TPSA) is 0 Å². The normalized spacial score (nSPS) is 17.4. The first-order valence-electron chi connectivity index (χ1n) is 9.21. The van der Waals surface area contributed by atoms with Gasteiger partial charge in [-0.3, -0.25) is 0 Å². The Labute approximate surface area is 129 Å². The van der Waals surface area contributed by atoms with Crippen LogP contribution < -0.4 is 0 Å². The van der Waals surface area contributed by atoms with Crippen LogP contribution in [0.25, 0.3) is 0 Å². The van der Waals surface area contributed by atoms with E-state index in [1.807, 2.05) is 0 Å². The average Bonchev–Trinajstić information content (AvgIpc) is 2.46. The maximum atomic E-state index is 3.89. The second-order valence-corrected chi connectivity index (χ2v) is 6.91. The molecular weight excluding hydrogens is 240 g/mol. The van der Waals surface area contributed by atoms with Gasteiger partial charge in [0.25, 0.3) is 0 Å². The van der Waals surface area contributed by atoms with Gasteiger partial charge in [-0.1, -0.05) is 85.6 Å². The molecule has 0 heterocycles. The molecule has 0 aliphatic carbocycles. The smallest absolute Gasteiger partial charge is 0.0351 e. The summed E-state index contributed by atoms with van der Waals surface area (Å²) in [6, 6.07) is 0. The molecule has 20 heavy (non-hydrogen) atoms. The molecule has 0 saturated heterocycles. The largest absolute Gasteiger partial charge is 0.103 e. The van der Waals surface area contributed by atoms with Gasteiger partial charge in [0, 0.05) is 0 Å². The number of hydrogen-bond donors (Lipinski definition) is 0. The highest BCUT2D eigenvalue weighted by Crippen LogP contribution is 2.34. The number of unbranched alkanes of at least 4 members (excludes halogenated alkanes) is 1. The highest BCUT2D eigenvalue weighted by atomic mass is 14.3. The first-order valence-corrected chi connectivity index (χ1v) is 9.21. The highest BCUT2D eigenvalue weighted by molar-refractivity contribution is 4.77. The van der Waals surface area contributed by atoms with Crippen molar-refractivity contribution in [2.45, 2.75) is 92.4 Å². The molecule has 0 aromatic carbocycles. The van der Waals surface area contributed by atoms with E-state index in [-0.39, 0.29) is 0 Å². The van der Waals surface area contributed by atoms with Crippen molar-refractivity contribution in [2.75, 3.05) is 0 Å². The number of hydrogen-bond acceptors (Lipinski definition) is 0. The fraction of sp³-hybridized carbons (Fsp3) is 0.900. The van der Waals surface area contributed by atoms with Crippen LogP contribution in [-0.4, -0.2) is 0 Å². The SMILES string of the molecule is C=CCCC(CC)C(CC)C(C)CCC(C)CCCC. The molecule has 0 bridgehead atoms. The summed E-state index contributed by atoms with van der Waals surface area (Å²) < 4.78 is 0. The van der Waals surface area contributed by atoms with Crippen molar-refractivity contribution < 1.29 is 0 Å². The maximum absolute atomic E-state index is 3.89. The van der Waals surface area contributed by atoms with Crippen molar-refractivity contribution in [3.8, 4) is 0 Å². The Bertz CT molecular complexity index is 218. The van der Waals surface area contributed by atoms with E-state index in [1.54, 1.807) is 0 Å². The Morgan fingerprint density at radius 1 is 0.900 bits per heavy atom. The molecule has 4 atom stereocenters. The van der Waals surface area contributed by atoms with Crippen LogP contribution in [0.15, 0.2) is 12.7 Å². The summed E-state index contributed by atoms with van der Waals surface area (Å²) in [5.41, 5.74) is 0. The van der Waals surface area contributed by atoms with Gasteiger partial charge in [-0.15, -0.1) is 6.58 Å². The zero-order valence-corrected chi connectivity index (χ0v) is 15.0. The van der Waals surface area contributed by atoms with Crippen LogP contribution >= 0.6 is 0 Å². The van der Waals surface area contributed by atoms with Gasteiger partial charge in [0.1, 0.15) is 0 Å². The first kappa shape index (κ1) is 19.7. The van der Waals surface area contributed by atoms with E-state index in [1.165, 1.54) is 57.8 Å². The predicted octanol–water partition coefficient (Wildman–Crippen LogP) is 7.25. The van der Waals surface area contributed by atoms with Crippen molar-refractivity contribution in [1.82, 2.24) is 0 Å². The lowest BCUT2D eigenvalue weighted by molar-refractivity contribution is 0.196. The summed E-state index contributed by atoms with van der Waals surface area (Å²) in [5.74, 6) is 3.62. The van der Waals surface area contributed by atoms with Crippen molar-refractivity contribution in [3.05, 3.63) is 12.7 Å². The zero-order chi connectivity index (χ0) is 15.4. The lowest BCUT2D eigenvalue weighted by Crippen LogP contribution is -2.21. The summed E-state index contributed by atoms with van der Waals surface area (Å²) in [5, 5.41) is 0. The van der Waals surface area contributed by atoms with E-state index in [0.717, 1.165) is 23.7 Å². The Kier molecular flexibility index (Phi) is 12.3. The minimum atomic E-state index is 0.888. The summed E-state index contributed by atoms with van der Waals surface area (Å²) in [7, 11) is 0. The average molecular weight is 281 g/mol. The van der Waals surface area contributed by atoms with Crippen LogP contribution in [0.1, 0.15) is 92.4 Å². The van der Waals surface area contributed by atoms with Crippen LogP contribution in [0.5, 0.6) is 0 Å². The lowest BCUT2D eigenvalue weighted by Gasteiger charge is -2.31. The molecule has 0 fully saturated rings. The first-order chi connectivity index (χ1) is 9.60. The molecular formula is C20H40. The molecule has 4 unspecified atom stereocenters. The van der Waals surface area contributed by atoms with Gasteiger partial charge in [-0.2, -0.15) is 0 Å². The molecule has 0 spiro atoms. The highest BCUT2D eigenvalue weighted by Gasteiger charge is 2.23. The second kappa shape index (κ2) is 12.5. The predicted molar refractivity (Wildman–Crippen MR) is 94.1 cm³/mol. The molecule has 0 nitrogen and oxygen atoms in total. The summed E-state index contributed by atoms with van der Waals surface area (Å²) in [4.78, 5) is 0. The van der Waals surface area contributed by atoms with Gasteiger partial charge in [0.05, 0.1) is 0 Å². The molecule has 0 rings (SSSR count). The van der Waals surface area contributed by atoms with E-state index >= 15 is 0 Å². The monoisotopic (exact) mass is 280 g/mol. The van der Waals surface area contributed by atoms with Crippen LogP contribution in [0.2, 0.25) is 0 Å². The van der Waals surface area contributed by atoms with Gasteiger partial charge in [-0.25, -0.2) is 0 Å². The molecule has 0 aliphatic rings. The summed E-state index contributed by atoms with van der Waals surface area (Å²) >= 11 is 0. The van der Waals surface area contributed by atoms with Crippen molar-refractivity contribution in [3.63, 3.8) is 0 Å². The second-order valence-electron chi connectivity index (χ2n) is 6.91. The Morgan fingerprint density at radius 2 is 1.60 bits per heavy atom. The molecule has 0 heteroatoms. The zero-order valence-electron chi connectivity index (χ0n) is 15.0. The molecule has 0 N–H and O–H groups in total. The minimum absolute atomic E-state index is 0.888. The fourth-order valence-corrected chi connectivity index (χ4v) is 3.71. The van der Waals surface area contributed by atoms with E-state index in [2.05, 4.69) is 47.3 Å². The van der Waals surface area contributed by atoms with E-state index in [4.69, 9.17) is 0 Å². The number of rotatable bonds is 13. The molecule has 0 radical (unpaired) electrons. The summed E-state index contributed by atoms with van der Waals surface area (Å²) in [6.45, 7) is 15.9. The van der Waals surface area contributed by atoms with Crippen molar-refractivity contribution >= 4 is 0 Å². The molecule has 0 aromatic rings. The third-order valence-corrected chi connectivity index (χ3v) is 5.24. The Morgan fingerprint density at radius 3 is 2.10 bits per heavy atom. The van der Waals surface area contributed by atoms with Gasteiger partial charge in [0.15, 0.2) is 0 Å². The third-order valence-electron chi connectivity index (χ3n) is 5.24. The van der Waals surface area contributed by atoms with E-state index < -0.39 is 0 Å². The van der Waals surface area contributed by atoms with Gasteiger partial charge >= 0.3 is 0 Å².